The van der Waals surface area contributed by atoms with Gasteiger partial charge in [0.1, 0.15) is 8.07 Å². The minimum absolute atomic E-state index is 0.325. The zero-order valence-electron chi connectivity index (χ0n) is 17.5. The summed E-state index contributed by atoms with van der Waals surface area (Å²) >= 11 is 0. The van der Waals surface area contributed by atoms with Crippen LogP contribution in [-0.4, -0.2) is 47.3 Å². The van der Waals surface area contributed by atoms with Crippen molar-refractivity contribution in [1.82, 2.24) is 4.98 Å². The quantitative estimate of drug-likeness (QED) is 0.444. The van der Waals surface area contributed by atoms with Crippen LogP contribution in [0.25, 0.3) is 0 Å². The summed E-state index contributed by atoms with van der Waals surface area (Å²) in [5, 5.41) is 2.37. The van der Waals surface area contributed by atoms with Crippen molar-refractivity contribution < 1.29 is 19.1 Å². The number of methoxy groups -OCH3 is 2. The van der Waals surface area contributed by atoms with Crippen LogP contribution < -0.4 is 10.5 Å². The lowest BCUT2D eigenvalue weighted by Gasteiger charge is -2.27. The van der Waals surface area contributed by atoms with Gasteiger partial charge in [0, 0.05) is 17.4 Å². The van der Waals surface area contributed by atoms with Gasteiger partial charge in [0.25, 0.3) is 0 Å². The first kappa shape index (κ1) is 20.8. The van der Waals surface area contributed by atoms with Gasteiger partial charge in [-0.15, -0.1) is 0 Å². The van der Waals surface area contributed by atoms with Crippen LogP contribution in [0.5, 0.6) is 0 Å². The molecule has 0 spiro atoms. The maximum absolute atomic E-state index is 12.7. The third kappa shape index (κ3) is 3.27. The minimum Gasteiger partial charge on any atom is -0.468 e. The van der Waals surface area contributed by atoms with Crippen molar-refractivity contribution in [2.24, 2.45) is 5.41 Å². The third-order valence-corrected chi connectivity index (χ3v) is 9.16. The van der Waals surface area contributed by atoms with Crippen LogP contribution in [0, 0.1) is 12.3 Å². The molecule has 0 unspecified atom stereocenters. The number of pyridine rings is 1. The summed E-state index contributed by atoms with van der Waals surface area (Å²) in [5.74, 6) is -1.03. The van der Waals surface area contributed by atoms with E-state index in [0.29, 0.717) is 12.8 Å². The van der Waals surface area contributed by atoms with E-state index in [4.69, 9.17) is 14.5 Å². The molecule has 5 nitrogen and oxygen atoms in total. The summed E-state index contributed by atoms with van der Waals surface area (Å²) in [5.41, 5.74) is 1.99. The lowest BCUT2D eigenvalue weighted by molar-refractivity contribution is -0.168. The summed E-state index contributed by atoms with van der Waals surface area (Å²) in [4.78, 5) is 30.4. The minimum atomic E-state index is -1.76. The van der Waals surface area contributed by atoms with Gasteiger partial charge in [-0.1, -0.05) is 39.3 Å². The number of nitrogens with zero attached hydrogens (tertiary/aromatic N) is 1. The van der Waals surface area contributed by atoms with E-state index < -0.39 is 33.5 Å². The molecule has 2 rings (SSSR count). The van der Waals surface area contributed by atoms with Crippen LogP contribution in [0.4, 0.5) is 0 Å². The van der Waals surface area contributed by atoms with Crippen molar-refractivity contribution in [3.05, 3.63) is 16.8 Å². The van der Waals surface area contributed by atoms with Gasteiger partial charge in [0.2, 0.25) is 0 Å². The summed E-state index contributed by atoms with van der Waals surface area (Å²) in [6, 6.07) is 0. The Hall–Kier alpha value is -1.48. The van der Waals surface area contributed by atoms with Crippen LogP contribution >= 0.6 is 0 Å². The van der Waals surface area contributed by atoms with Crippen molar-refractivity contribution >= 4 is 38.6 Å². The normalized spacial score (nSPS) is 16.2. The largest absolute Gasteiger partial charge is 0.468 e. The summed E-state index contributed by atoms with van der Waals surface area (Å²) < 4.78 is 10.1. The van der Waals surface area contributed by atoms with Gasteiger partial charge in [0.05, 0.1) is 22.3 Å². The molecule has 0 radical (unpaired) electrons. The lowest BCUT2D eigenvalue weighted by Crippen LogP contribution is -2.49. The first-order chi connectivity index (χ1) is 11.8. The SMILES string of the molecule is COC(=O)C1(C(=O)OC)Cc2c([Si](C)(C)C)nc(C)c([Si](C)(C)C)c2C1. The second-order valence-corrected chi connectivity index (χ2v) is 19.3. The molecule has 1 aromatic heterocycles. The number of hydrogen-bond donors (Lipinski definition) is 0. The highest BCUT2D eigenvalue weighted by Crippen LogP contribution is 2.39. The number of hydrogen-bond acceptors (Lipinski definition) is 5. The number of aromatic nitrogens is 1. The van der Waals surface area contributed by atoms with Crippen LogP contribution in [0.15, 0.2) is 0 Å². The number of esters is 2. The zero-order valence-corrected chi connectivity index (χ0v) is 19.5. The summed E-state index contributed by atoms with van der Waals surface area (Å²) in [6.45, 7) is 15.7. The second kappa shape index (κ2) is 6.60. The topological polar surface area (TPSA) is 65.5 Å². The first-order valence-electron chi connectivity index (χ1n) is 8.99. The zero-order chi connectivity index (χ0) is 20.1. The number of fused-ring (bicyclic) bond motifs is 1. The third-order valence-electron chi connectivity index (χ3n) is 5.16. The fraction of sp³-hybridized carbons (Fsp3) is 0.632. The van der Waals surface area contributed by atoms with Crippen molar-refractivity contribution in [2.45, 2.75) is 59.0 Å². The molecular formula is C19H31NO4Si2. The molecule has 7 heteroatoms. The fourth-order valence-corrected chi connectivity index (χ4v) is 8.17. The molecule has 0 atom stereocenters. The van der Waals surface area contributed by atoms with E-state index in [2.05, 4.69) is 46.2 Å². The van der Waals surface area contributed by atoms with E-state index in [9.17, 15) is 9.59 Å². The molecule has 26 heavy (non-hydrogen) atoms. The van der Waals surface area contributed by atoms with Crippen molar-refractivity contribution in [3.8, 4) is 0 Å². The van der Waals surface area contributed by atoms with Crippen LogP contribution in [0.2, 0.25) is 39.3 Å². The smallest absolute Gasteiger partial charge is 0.323 e. The maximum Gasteiger partial charge on any atom is 0.323 e. The second-order valence-electron chi connectivity index (χ2n) is 9.30. The van der Waals surface area contributed by atoms with Crippen LogP contribution in [-0.2, 0) is 31.9 Å². The Labute approximate surface area is 158 Å². The molecular weight excluding hydrogens is 362 g/mol. The molecule has 0 saturated heterocycles. The Balaban J connectivity index is 2.83. The Morgan fingerprint density at radius 1 is 0.885 bits per heavy atom. The number of carbonyl (C=O) groups excluding carboxylic acids is 2. The number of rotatable bonds is 4. The molecule has 0 aromatic carbocycles. The summed E-state index contributed by atoms with van der Waals surface area (Å²) in [7, 11) is -0.813. The van der Waals surface area contributed by atoms with Crippen LogP contribution in [0.3, 0.4) is 0 Å². The maximum atomic E-state index is 12.7. The Bertz CT molecular complexity index is 744. The van der Waals surface area contributed by atoms with Gasteiger partial charge in [-0.3, -0.25) is 14.6 Å². The Morgan fingerprint density at radius 3 is 1.73 bits per heavy atom. The molecule has 1 heterocycles. The van der Waals surface area contributed by atoms with E-state index >= 15 is 0 Å². The molecule has 0 amide bonds. The van der Waals surface area contributed by atoms with E-state index in [1.54, 1.807) is 0 Å². The van der Waals surface area contributed by atoms with Gasteiger partial charge < -0.3 is 9.47 Å². The molecule has 0 aliphatic heterocycles. The molecule has 1 aromatic rings. The van der Waals surface area contributed by atoms with Gasteiger partial charge in [-0.25, -0.2) is 0 Å². The highest BCUT2D eigenvalue weighted by molar-refractivity contribution is 6.90. The van der Waals surface area contributed by atoms with Crippen molar-refractivity contribution in [3.63, 3.8) is 0 Å². The molecule has 0 bridgehead atoms. The molecule has 0 fully saturated rings. The summed E-state index contributed by atoms with van der Waals surface area (Å²) in [6.07, 6.45) is 0.675. The molecule has 0 N–H and O–H groups in total. The van der Waals surface area contributed by atoms with Crippen molar-refractivity contribution in [2.75, 3.05) is 14.2 Å². The molecule has 0 saturated carbocycles. The van der Waals surface area contributed by atoms with E-state index in [0.717, 1.165) is 22.1 Å². The Morgan fingerprint density at radius 2 is 1.35 bits per heavy atom. The highest BCUT2D eigenvalue weighted by atomic mass is 28.3. The average Bonchev–Trinajstić information content (AvgIpc) is 2.90. The van der Waals surface area contributed by atoms with Gasteiger partial charge in [-0.05, 0) is 29.7 Å². The monoisotopic (exact) mass is 393 g/mol. The van der Waals surface area contributed by atoms with Crippen molar-refractivity contribution in [1.29, 1.82) is 0 Å². The number of aryl methyl sites for hydroxylation is 1. The first-order valence-corrected chi connectivity index (χ1v) is 16.0. The predicted octanol–water partition coefficient (Wildman–Crippen LogP) is 1.91. The molecule has 1 aliphatic carbocycles. The molecule has 144 valence electrons. The van der Waals surface area contributed by atoms with Gasteiger partial charge in [0.15, 0.2) is 5.41 Å². The van der Waals surface area contributed by atoms with Crippen LogP contribution in [0.1, 0.15) is 16.8 Å². The highest BCUT2D eigenvalue weighted by Gasteiger charge is 2.55. The number of carbonyl (C=O) groups is 2. The van der Waals surface area contributed by atoms with Gasteiger partial charge in [-0.2, -0.15) is 0 Å². The average molecular weight is 394 g/mol. The molecule has 1 aliphatic rings. The number of ether oxygens (including phenoxy) is 2. The standard InChI is InChI=1S/C19H31NO4Si2/c1-12-15(25(4,5)6)13-10-19(17(21)23-2,18(22)24-3)11-14(13)16(20-12)26(7,8)9/h10-11H2,1-9H3. The fourth-order valence-electron chi connectivity index (χ4n) is 4.23. The predicted molar refractivity (Wildman–Crippen MR) is 109 cm³/mol. The van der Waals surface area contributed by atoms with E-state index in [1.165, 1.54) is 19.4 Å². The van der Waals surface area contributed by atoms with E-state index in [-0.39, 0.29) is 0 Å². The van der Waals surface area contributed by atoms with E-state index in [1.807, 2.05) is 0 Å². The Kier molecular flexibility index (Phi) is 5.29. The lowest BCUT2D eigenvalue weighted by atomic mass is 9.85. The van der Waals surface area contributed by atoms with Gasteiger partial charge >= 0.3 is 11.9 Å².